The number of para-hydroxylation sites is 1. The second-order valence-electron chi connectivity index (χ2n) is 6.26. The van der Waals surface area contributed by atoms with E-state index in [1.807, 2.05) is 36.5 Å². The Bertz CT molecular complexity index is 1060. The molecule has 0 saturated heterocycles. The van der Waals surface area contributed by atoms with E-state index in [9.17, 15) is 4.79 Å². The number of aromatic amines is 1. The van der Waals surface area contributed by atoms with Crippen LogP contribution >= 0.6 is 0 Å². The third-order valence-electron chi connectivity index (χ3n) is 4.61. The summed E-state index contributed by atoms with van der Waals surface area (Å²) in [5, 5.41) is 5.14. The van der Waals surface area contributed by atoms with Crippen molar-refractivity contribution in [3.05, 3.63) is 66.1 Å². The maximum absolute atomic E-state index is 12.3. The zero-order valence-corrected chi connectivity index (χ0v) is 14.5. The van der Waals surface area contributed by atoms with E-state index in [2.05, 4.69) is 22.4 Å². The molecule has 0 saturated carbocycles. The Morgan fingerprint density at radius 1 is 1.15 bits per heavy atom. The van der Waals surface area contributed by atoms with Gasteiger partial charge in [-0.1, -0.05) is 18.2 Å². The van der Waals surface area contributed by atoms with Gasteiger partial charge in [-0.15, -0.1) is 0 Å². The number of carbonyl (C=O) groups excluding carboxylic acids is 1. The number of benzene rings is 2. The molecule has 26 heavy (non-hydrogen) atoms. The summed E-state index contributed by atoms with van der Waals surface area (Å²) in [7, 11) is 1.62. The molecule has 0 aliphatic carbocycles. The van der Waals surface area contributed by atoms with Crippen LogP contribution in [0.1, 0.15) is 11.1 Å². The molecule has 0 fully saturated rings. The lowest BCUT2D eigenvalue weighted by Gasteiger charge is -2.04. The number of fused-ring (bicyclic) bond motifs is 2. The van der Waals surface area contributed by atoms with Crippen molar-refractivity contribution in [2.45, 2.75) is 12.8 Å². The molecule has 2 aromatic carbocycles. The molecular weight excluding hydrogens is 328 g/mol. The first-order valence-corrected chi connectivity index (χ1v) is 8.60. The summed E-state index contributed by atoms with van der Waals surface area (Å²) in [4.78, 5) is 15.5. The minimum Gasteiger partial charge on any atom is -0.497 e. The molecule has 2 N–H and O–H groups in total. The van der Waals surface area contributed by atoms with Crippen LogP contribution in [-0.4, -0.2) is 24.5 Å². The van der Waals surface area contributed by atoms with Gasteiger partial charge >= 0.3 is 0 Å². The lowest BCUT2D eigenvalue weighted by atomic mass is 10.1. The van der Waals surface area contributed by atoms with Crippen LogP contribution in [0.4, 0.5) is 0 Å². The molecule has 0 spiro atoms. The molecule has 4 aromatic rings. The van der Waals surface area contributed by atoms with Crippen LogP contribution in [0.2, 0.25) is 0 Å². The first kappa shape index (κ1) is 16.3. The molecule has 0 bridgehead atoms. The predicted molar refractivity (Wildman–Crippen MR) is 101 cm³/mol. The number of furan rings is 1. The van der Waals surface area contributed by atoms with Crippen molar-refractivity contribution < 1.29 is 13.9 Å². The van der Waals surface area contributed by atoms with Gasteiger partial charge in [0.2, 0.25) is 5.91 Å². The van der Waals surface area contributed by atoms with E-state index in [4.69, 9.17) is 9.15 Å². The summed E-state index contributed by atoms with van der Waals surface area (Å²) in [5.74, 6) is 0.727. The molecule has 5 nitrogen and oxygen atoms in total. The van der Waals surface area contributed by atoms with Crippen LogP contribution in [-0.2, 0) is 17.6 Å². The third-order valence-corrected chi connectivity index (χ3v) is 4.61. The quantitative estimate of drug-likeness (QED) is 0.556. The lowest BCUT2D eigenvalue weighted by molar-refractivity contribution is -0.120. The zero-order valence-electron chi connectivity index (χ0n) is 14.5. The molecule has 0 aliphatic heterocycles. The van der Waals surface area contributed by atoms with Crippen molar-refractivity contribution in [2.75, 3.05) is 13.7 Å². The molecule has 132 valence electrons. The zero-order chi connectivity index (χ0) is 17.9. The second kappa shape index (κ2) is 6.96. The van der Waals surface area contributed by atoms with Gasteiger partial charge in [-0.3, -0.25) is 4.79 Å². The summed E-state index contributed by atoms with van der Waals surface area (Å²) < 4.78 is 10.7. The molecule has 1 amide bonds. The van der Waals surface area contributed by atoms with Crippen molar-refractivity contribution in [3.8, 4) is 5.75 Å². The van der Waals surface area contributed by atoms with E-state index >= 15 is 0 Å². The van der Waals surface area contributed by atoms with E-state index < -0.39 is 0 Å². The number of carbonyl (C=O) groups is 1. The SMILES string of the molecule is COc1ccc2c(CC(=O)NCCc3c[nH]c4ccccc34)coc2c1. The number of nitrogens with one attached hydrogen (secondary N) is 2. The molecule has 0 unspecified atom stereocenters. The second-order valence-corrected chi connectivity index (χ2v) is 6.26. The first-order chi connectivity index (χ1) is 12.7. The Kier molecular flexibility index (Phi) is 4.35. The van der Waals surface area contributed by atoms with E-state index in [0.717, 1.165) is 34.2 Å². The van der Waals surface area contributed by atoms with Crippen molar-refractivity contribution in [3.63, 3.8) is 0 Å². The fourth-order valence-electron chi connectivity index (χ4n) is 3.24. The molecule has 5 heteroatoms. The highest BCUT2D eigenvalue weighted by Crippen LogP contribution is 2.25. The van der Waals surface area contributed by atoms with Crippen molar-refractivity contribution in [1.29, 1.82) is 0 Å². The fraction of sp³-hybridized carbons (Fsp3) is 0.190. The van der Waals surface area contributed by atoms with Crippen molar-refractivity contribution in [1.82, 2.24) is 10.3 Å². The van der Waals surface area contributed by atoms with Crippen LogP contribution in [0.25, 0.3) is 21.9 Å². The van der Waals surface area contributed by atoms with E-state index in [1.165, 1.54) is 10.9 Å². The normalized spacial score (nSPS) is 11.1. The topological polar surface area (TPSA) is 67.3 Å². The highest BCUT2D eigenvalue weighted by atomic mass is 16.5. The van der Waals surface area contributed by atoms with Gasteiger partial charge in [-0.05, 0) is 30.2 Å². The van der Waals surface area contributed by atoms with Crippen molar-refractivity contribution in [2.24, 2.45) is 0 Å². The fourth-order valence-corrected chi connectivity index (χ4v) is 3.24. The van der Waals surface area contributed by atoms with Crippen LogP contribution in [0, 0.1) is 0 Å². The summed E-state index contributed by atoms with van der Waals surface area (Å²) in [5.41, 5.74) is 3.94. The largest absolute Gasteiger partial charge is 0.497 e. The number of amides is 1. The van der Waals surface area contributed by atoms with Crippen LogP contribution in [0.15, 0.2) is 59.3 Å². The standard InChI is InChI=1S/C21H20N2O3/c1-25-16-6-7-18-15(13-26-20(18)11-16)10-21(24)22-9-8-14-12-23-19-5-3-2-4-17(14)19/h2-7,11-13,23H,8-10H2,1H3,(H,22,24). The number of rotatable bonds is 6. The number of hydrogen-bond acceptors (Lipinski definition) is 3. The van der Waals surface area contributed by atoms with Gasteiger partial charge in [0, 0.05) is 40.7 Å². The Labute approximate surface area is 151 Å². The Morgan fingerprint density at radius 3 is 2.92 bits per heavy atom. The molecule has 2 heterocycles. The van der Waals surface area contributed by atoms with Crippen LogP contribution < -0.4 is 10.1 Å². The maximum atomic E-state index is 12.3. The molecule has 2 aromatic heterocycles. The molecule has 0 atom stereocenters. The Balaban J connectivity index is 1.37. The van der Waals surface area contributed by atoms with Gasteiger partial charge in [-0.25, -0.2) is 0 Å². The van der Waals surface area contributed by atoms with E-state index in [-0.39, 0.29) is 5.91 Å². The van der Waals surface area contributed by atoms with E-state index in [1.54, 1.807) is 13.4 Å². The van der Waals surface area contributed by atoms with Gasteiger partial charge in [-0.2, -0.15) is 0 Å². The monoisotopic (exact) mass is 348 g/mol. The van der Waals surface area contributed by atoms with Gasteiger partial charge in [0.15, 0.2) is 0 Å². The minimum absolute atomic E-state index is 0.0108. The third kappa shape index (κ3) is 3.16. The van der Waals surface area contributed by atoms with E-state index in [0.29, 0.717) is 13.0 Å². The predicted octanol–water partition coefficient (Wildman–Crippen LogP) is 3.82. The van der Waals surface area contributed by atoms with Crippen LogP contribution in [0.5, 0.6) is 5.75 Å². The average Bonchev–Trinajstić information content (AvgIpc) is 3.26. The highest BCUT2D eigenvalue weighted by molar-refractivity contribution is 5.88. The number of aromatic nitrogens is 1. The van der Waals surface area contributed by atoms with Gasteiger partial charge in [0.25, 0.3) is 0 Å². The average molecular weight is 348 g/mol. The molecular formula is C21H20N2O3. The minimum atomic E-state index is -0.0108. The number of hydrogen-bond donors (Lipinski definition) is 2. The number of methoxy groups -OCH3 is 1. The first-order valence-electron chi connectivity index (χ1n) is 8.60. The summed E-state index contributed by atoms with van der Waals surface area (Å²) >= 11 is 0. The van der Waals surface area contributed by atoms with Gasteiger partial charge in [0.1, 0.15) is 11.3 Å². The summed E-state index contributed by atoms with van der Waals surface area (Å²) in [6, 6.07) is 13.8. The van der Waals surface area contributed by atoms with Gasteiger partial charge in [0.05, 0.1) is 19.8 Å². The van der Waals surface area contributed by atoms with Crippen LogP contribution in [0.3, 0.4) is 0 Å². The lowest BCUT2D eigenvalue weighted by Crippen LogP contribution is -2.27. The maximum Gasteiger partial charge on any atom is 0.224 e. The summed E-state index contributed by atoms with van der Waals surface area (Å²) in [6.45, 7) is 0.601. The summed E-state index contributed by atoms with van der Waals surface area (Å²) in [6.07, 6.45) is 4.74. The molecule has 0 aliphatic rings. The van der Waals surface area contributed by atoms with Gasteiger partial charge < -0.3 is 19.5 Å². The Hall–Kier alpha value is -3.21. The highest BCUT2D eigenvalue weighted by Gasteiger charge is 2.11. The Morgan fingerprint density at radius 2 is 2.04 bits per heavy atom. The number of H-pyrrole nitrogens is 1. The number of ether oxygens (including phenoxy) is 1. The van der Waals surface area contributed by atoms with Crippen molar-refractivity contribution >= 4 is 27.8 Å². The molecule has 0 radical (unpaired) electrons. The smallest absolute Gasteiger partial charge is 0.224 e. The molecule has 4 rings (SSSR count).